The van der Waals surface area contributed by atoms with Crippen molar-refractivity contribution in [2.45, 2.75) is 24.7 Å². The van der Waals surface area contributed by atoms with Crippen LogP contribution in [0, 0.1) is 0 Å². The number of hydrogen-bond donors (Lipinski definition) is 1. The minimum Gasteiger partial charge on any atom is -0.322 e. The summed E-state index contributed by atoms with van der Waals surface area (Å²) in [5.41, 5.74) is 2.48. The summed E-state index contributed by atoms with van der Waals surface area (Å²) in [4.78, 5) is 16.4. The molecule has 0 atom stereocenters. The maximum Gasteiger partial charge on any atom is 0.264 e. The lowest BCUT2D eigenvalue weighted by atomic mass is 10.0. The van der Waals surface area contributed by atoms with Crippen molar-refractivity contribution in [3.8, 4) is 0 Å². The van der Waals surface area contributed by atoms with Gasteiger partial charge in [-0.3, -0.25) is 14.1 Å². The molecule has 1 N–H and O–H groups in total. The molecule has 3 rings (SSSR count). The number of rotatable bonds is 6. The van der Waals surface area contributed by atoms with E-state index in [9.17, 15) is 13.2 Å². The lowest BCUT2D eigenvalue weighted by Crippen LogP contribution is -2.35. The van der Waals surface area contributed by atoms with Crippen molar-refractivity contribution >= 4 is 27.8 Å². The zero-order valence-corrected chi connectivity index (χ0v) is 17.0. The minimum absolute atomic E-state index is 0.154. The lowest BCUT2D eigenvalue weighted by Gasteiger charge is -2.30. The Bertz CT molecular complexity index is 1070. The SMILES string of the molecule is C=C(/C=C\N=CC)NC(=O)c1ccc(S(=O)(=O)N2CCCc3ccccc32)cc1. The van der Waals surface area contributed by atoms with Crippen molar-refractivity contribution < 1.29 is 13.2 Å². The summed E-state index contributed by atoms with van der Waals surface area (Å²) in [5.74, 6) is -0.368. The summed E-state index contributed by atoms with van der Waals surface area (Å²) < 4.78 is 27.7. The van der Waals surface area contributed by atoms with E-state index in [1.54, 1.807) is 19.2 Å². The van der Waals surface area contributed by atoms with Gasteiger partial charge in [-0.2, -0.15) is 0 Å². The van der Waals surface area contributed by atoms with E-state index in [1.807, 2.05) is 24.3 Å². The minimum atomic E-state index is -3.70. The molecule has 1 amide bonds. The topological polar surface area (TPSA) is 78.8 Å². The number of anilines is 1. The van der Waals surface area contributed by atoms with Crippen molar-refractivity contribution in [1.82, 2.24) is 5.32 Å². The number of fused-ring (bicyclic) bond motifs is 1. The standard InChI is InChI=1S/C22H23N3O3S/c1-3-23-15-14-17(2)24-22(26)19-10-12-20(13-11-19)29(27,28)25-16-6-8-18-7-4-5-9-21(18)25/h3-5,7,9-15H,2,6,8,16H2,1H3,(H,24,26)/b15-14-,23-3?. The first-order chi connectivity index (χ1) is 13.9. The summed E-state index contributed by atoms with van der Waals surface area (Å²) in [7, 11) is -3.70. The maximum atomic E-state index is 13.1. The number of nitrogens with zero attached hydrogens (tertiary/aromatic N) is 2. The molecular formula is C22H23N3O3S. The van der Waals surface area contributed by atoms with Crippen LogP contribution in [0.4, 0.5) is 5.69 Å². The number of carbonyl (C=O) groups excluding carboxylic acids is 1. The molecule has 0 fully saturated rings. The monoisotopic (exact) mass is 409 g/mol. The highest BCUT2D eigenvalue weighted by Gasteiger charge is 2.28. The highest BCUT2D eigenvalue weighted by Crippen LogP contribution is 2.31. The molecule has 7 heteroatoms. The third kappa shape index (κ3) is 4.63. The maximum absolute atomic E-state index is 13.1. The molecular weight excluding hydrogens is 386 g/mol. The average Bonchev–Trinajstić information content (AvgIpc) is 2.73. The number of amides is 1. The second kappa shape index (κ2) is 8.87. The largest absolute Gasteiger partial charge is 0.322 e. The van der Waals surface area contributed by atoms with Gasteiger partial charge in [-0.05, 0) is 61.7 Å². The third-order valence-corrected chi connectivity index (χ3v) is 6.38. The van der Waals surface area contributed by atoms with E-state index < -0.39 is 10.0 Å². The fourth-order valence-electron chi connectivity index (χ4n) is 3.13. The predicted octanol–water partition coefficient (Wildman–Crippen LogP) is 3.68. The number of aryl methyl sites for hydroxylation is 1. The molecule has 1 aliphatic heterocycles. The van der Waals surface area contributed by atoms with Crippen molar-refractivity contribution in [2.24, 2.45) is 4.99 Å². The summed E-state index contributed by atoms with van der Waals surface area (Å²) in [6.45, 7) is 5.96. The first-order valence-electron chi connectivity index (χ1n) is 9.29. The number of sulfonamides is 1. The number of para-hydroxylation sites is 1. The number of allylic oxidation sites excluding steroid dienone is 1. The van der Waals surface area contributed by atoms with Crippen LogP contribution in [-0.4, -0.2) is 27.1 Å². The van der Waals surface area contributed by atoms with Crippen LogP contribution in [0.2, 0.25) is 0 Å². The molecule has 2 aromatic carbocycles. The summed E-state index contributed by atoms with van der Waals surface area (Å²) in [6.07, 6.45) is 6.35. The number of nitrogens with one attached hydrogen (secondary N) is 1. The van der Waals surface area contributed by atoms with Gasteiger partial charge < -0.3 is 5.32 Å². The second-order valence-electron chi connectivity index (χ2n) is 6.54. The second-order valence-corrected chi connectivity index (χ2v) is 8.40. The van der Waals surface area contributed by atoms with Crippen molar-refractivity contribution in [1.29, 1.82) is 0 Å². The van der Waals surface area contributed by atoms with Crippen LogP contribution < -0.4 is 9.62 Å². The number of carbonyl (C=O) groups is 1. The number of benzene rings is 2. The number of hydrogen-bond acceptors (Lipinski definition) is 4. The van der Waals surface area contributed by atoms with Crippen LogP contribution >= 0.6 is 0 Å². The van der Waals surface area contributed by atoms with Crippen LogP contribution in [0.25, 0.3) is 0 Å². The molecule has 1 aliphatic rings. The van der Waals surface area contributed by atoms with Gasteiger partial charge in [-0.15, -0.1) is 0 Å². The molecule has 0 aromatic heterocycles. The van der Waals surface area contributed by atoms with Gasteiger partial charge in [0.2, 0.25) is 0 Å². The Morgan fingerprint density at radius 2 is 1.90 bits per heavy atom. The Labute approximate surface area is 171 Å². The third-order valence-electron chi connectivity index (χ3n) is 4.56. The average molecular weight is 410 g/mol. The van der Waals surface area contributed by atoms with Gasteiger partial charge in [-0.25, -0.2) is 8.42 Å². The Morgan fingerprint density at radius 1 is 1.17 bits per heavy atom. The van der Waals surface area contributed by atoms with Gasteiger partial charge in [0, 0.05) is 30.2 Å². The molecule has 2 aromatic rings. The van der Waals surface area contributed by atoms with Gasteiger partial charge in [0.1, 0.15) is 0 Å². The zero-order valence-electron chi connectivity index (χ0n) is 16.2. The molecule has 150 valence electrons. The van der Waals surface area contributed by atoms with Crippen LogP contribution in [-0.2, 0) is 16.4 Å². The molecule has 0 aliphatic carbocycles. The van der Waals surface area contributed by atoms with Crippen LogP contribution in [0.5, 0.6) is 0 Å². The van der Waals surface area contributed by atoms with Crippen LogP contribution in [0.3, 0.4) is 0 Å². The Morgan fingerprint density at radius 3 is 2.62 bits per heavy atom. The van der Waals surface area contributed by atoms with Crippen molar-refractivity contribution in [3.05, 3.63) is 84.2 Å². The van der Waals surface area contributed by atoms with Gasteiger partial charge in [0.05, 0.1) is 10.6 Å². The van der Waals surface area contributed by atoms with E-state index >= 15 is 0 Å². The summed E-state index contributed by atoms with van der Waals surface area (Å²) >= 11 is 0. The smallest absolute Gasteiger partial charge is 0.264 e. The Hall–Kier alpha value is -3.19. The quantitative estimate of drug-likeness (QED) is 0.584. The molecule has 0 saturated carbocycles. The molecule has 0 unspecified atom stereocenters. The fourth-order valence-corrected chi connectivity index (χ4v) is 4.67. The van der Waals surface area contributed by atoms with E-state index in [-0.39, 0.29) is 10.8 Å². The summed E-state index contributed by atoms with van der Waals surface area (Å²) in [6, 6.07) is 13.5. The molecule has 29 heavy (non-hydrogen) atoms. The van der Waals surface area contributed by atoms with E-state index in [4.69, 9.17) is 0 Å². The van der Waals surface area contributed by atoms with Gasteiger partial charge in [-0.1, -0.05) is 24.8 Å². The molecule has 0 bridgehead atoms. The van der Waals surface area contributed by atoms with E-state index in [0.29, 0.717) is 17.8 Å². The zero-order chi connectivity index (χ0) is 20.9. The molecule has 1 heterocycles. The van der Waals surface area contributed by atoms with Gasteiger partial charge >= 0.3 is 0 Å². The highest BCUT2D eigenvalue weighted by atomic mass is 32.2. The molecule has 0 radical (unpaired) electrons. The van der Waals surface area contributed by atoms with Gasteiger partial charge in [0.25, 0.3) is 15.9 Å². The van der Waals surface area contributed by atoms with Crippen LogP contribution in [0.1, 0.15) is 29.3 Å². The lowest BCUT2D eigenvalue weighted by molar-refractivity contribution is 0.0967. The molecule has 0 saturated heterocycles. The van der Waals surface area contributed by atoms with Crippen LogP contribution in [0.15, 0.2) is 83.0 Å². The fraction of sp³-hybridized carbons (Fsp3) is 0.182. The predicted molar refractivity (Wildman–Crippen MR) is 116 cm³/mol. The molecule has 0 spiro atoms. The normalized spacial score (nSPS) is 14.2. The van der Waals surface area contributed by atoms with E-state index in [1.165, 1.54) is 34.8 Å². The highest BCUT2D eigenvalue weighted by molar-refractivity contribution is 7.92. The summed E-state index contributed by atoms with van der Waals surface area (Å²) in [5, 5.41) is 2.64. The number of aliphatic imine (C=N–C) groups is 1. The molecule has 6 nitrogen and oxygen atoms in total. The Balaban J connectivity index is 1.78. The first kappa shape index (κ1) is 20.5. The van der Waals surface area contributed by atoms with Crippen molar-refractivity contribution in [2.75, 3.05) is 10.8 Å². The first-order valence-corrected chi connectivity index (χ1v) is 10.7. The van der Waals surface area contributed by atoms with E-state index in [0.717, 1.165) is 24.1 Å². The van der Waals surface area contributed by atoms with Gasteiger partial charge in [0.15, 0.2) is 0 Å². The van der Waals surface area contributed by atoms with E-state index in [2.05, 4.69) is 16.9 Å². The Kier molecular flexibility index (Phi) is 6.29. The van der Waals surface area contributed by atoms with Crippen molar-refractivity contribution in [3.63, 3.8) is 0 Å².